The fraction of sp³-hybridized carbons (Fsp3) is 0.143. The molecule has 0 bridgehead atoms. The van der Waals surface area contributed by atoms with Gasteiger partial charge in [0.1, 0.15) is 5.69 Å². The zero-order chi connectivity index (χ0) is 14.3. The van der Waals surface area contributed by atoms with Gasteiger partial charge in [0, 0.05) is 26.5 Å². The fourth-order valence-corrected chi connectivity index (χ4v) is 3.45. The van der Waals surface area contributed by atoms with E-state index in [-0.39, 0.29) is 5.91 Å². The molecule has 0 saturated carbocycles. The number of amides is 1. The van der Waals surface area contributed by atoms with E-state index in [0.29, 0.717) is 5.69 Å². The van der Waals surface area contributed by atoms with E-state index in [1.165, 1.54) is 11.3 Å². The number of imidazole rings is 1. The number of rotatable bonds is 2. The Morgan fingerprint density at radius 2 is 2.20 bits per heavy atom. The highest BCUT2D eigenvalue weighted by Crippen LogP contribution is 2.20. The lowest BCUT2D eigenvalue weighted by molar-refractivity contribution is 0.102. The molecule has 0 aliphatic carbocycles. The van der Waals surface area contributed by atoms with E-state index >= 15 is 0 Å². The summed E-state index contributed by atoms with van der Waals surface area (Å²) < 4.78 is 3.08. The van der Waals surface area contributed by atoms with Crippen LogP contribution in [0.15, 0.2) is 29.8 Å². The minimum absolute atomic E-state index is 0.176. The molecule has 2 aromatic heterocycles. The topological polar surface area (TPSA) is 46.4 Å². The summed E-state index contributed by atoms with van der Waals surface area (Å²) in [7, 11) is 0. The predicted octanol–water partition coefficient (Wildman–Crippen LogP) is 3.87. The van der Waals surface area contributed by atoms with Crippen molar-refractivity contribution in [3.63, 3.8) is 0 Å². The van der Waals surface area contributed by atoms with Crippen LogP contribution < -0.4 is 5.32 Å². The van der Waals surface area contributed by atoms with Gasteiger partial charge in [0.05, 0.1) is 0 Å². The van der Waals surface area contributed by atoms with Crippen LogP contribution in [0, 0.1) is 17.4 Å². The Kier molecular flexibility index (Phi) is 3.51. The van der Waals surface area contributed by atoms with Crippen molar-refractivity contribution < 1.29 is 4.79 Å². The van der Waals surface area contributed by atoms with Crippen molar-refractivity contribution in [2.24, 2.45) is 0 Å². The Bertz CT molecular complexity index is 806. The van der Waals surface area contributed by atoms with Crippen molar-refractivity contribution in [1.82, 2.24) is 9.38 Å². The minimum atomic E-state index is -0.176. The number of fused-ring (bicyclic) bond motifs is 1. The highest BCUT2D eigenvalue weighted by atomic mass is 127. The van der Waals surface area contributed by atoms with Crippen LogP contribution in [0.3, 0.4) is 0 Å². The summed E-state index contributed by atoms with van der Waals surface area (Å²) in [6, 6.07) is 5.92. The number of carbonyl (C=O) groups is 1. The predicted molar refractivity (Wildman–Crippen MR) is 89.7 cm³/mol. The zero-order valence-corrected chi connectivity index (χ0v) is 13.9. The van der Waals surface area contributed by atoms with Crippen LogP contribution in [0.1, 0.15) is 21.7 Å². The summed E-state index contributed by atoms with van der Waals surface area (Å²) >= 11 is 3.79. The molecule has 2 heterocycles. The van der Waals surface area contributed by atoms with Crippen LogP contribution in [-0.4, -0.2) is 15.3 Å². The highest BCUT2D eigenvalue weighted by molar-refractivity contribution is 14.1. The van der Waals surface area contributed by atoms with E-state index < -0.39 is 0 Å². The molecule has 0 atom stereocenters. The third kappa shape index (κ3) is 2.45. The van der Waals surface area contributed by atoms with Crippen LogP contribution in [0.5, 0.6) is 0 Å². The van der Waals surface area contributed by atoms with Gasteiger partial charge in [-0.3, -0.25) is 9.20 Å². The molecule has 0 saturated heterocycles. The van der Waals surface area contributed by atoms with Gasteiger partial charge in [0.2, 0.25) is 0 Å². The summed E-state index contributed by atoms with van der Waals surface area (Å²) in [5.41, 5.74) is 3.39. The number of benzene rings is 1. The highest BCUT2D eigenvalue weighted by Gasteiger charge is 2.13. The lowest BCUT2D eigenvalue weighted by Gasteiger charge is -2.07. The number of hydrogen-bond acceptors (Lipinski definition) is 3. The molecule has 20 heavy (non-hydrogen) atoms. The SMILES string of the molecule is Cc1cc(I)ccc1NC(=O)c1cn2c(C)csc2n1. The molecular formula is C14H12IN3OS. The van der Waals surface area contributed by atoms with E-state index in [9.17, 15) is 4.79 Å². The lowest BCUT2D eigenvalue weighted by Crippen LogP contribution is -2.13. The van der Waals surface area contributed by atoms with Crippen LogP contribution in [-0.2, 0) is 0 Å². The summed E-state index contributed by atoms with van der Waals surface area (Å²) in [5, 5.41) is 4.93. The Morgan fingerprint density at radius 1 is 1.40 bits per heavy atom. The molecule has 0 radical (unpaired) electrons. The second kappa shape index (κ2) is 5.17. The molecule has 3 aromatic rings. The van der Waals surface area contributed by atoms with E-state index in [4.69, 9.17) is 0 Å². The van der Waals surface area contributed by atoms with Gasteiger partial charge >= 0.3 is 0 Å². The molecule has 1 N–H and O–H groups in total. The Labute approximate surface area is 134 Å². The van der Waals surface area contributed by atoms with Crippen molar-refractivity contribution in [2.45, 2.75) is 13.8 Å². The molecule has 1 aromatic carbocycles. The quantitative estimate of drug-likeness (QED) is 0.668. The number of hydrogen-bond donors (Lipinski definition) is 1. The van der Waals surface area contributed by atoms with Gasteiger partial charge in [-0.1, -0.05) is 0 Å². The first-order valence-electron chi connectivity index (χ1n) is 6.05. The van der Waals surface area contributed by atoms with E-state index in [1.807, 2.05) is 41.8 Å². The zero-order valence-electron chi connectivity index (χ0n) is 11.0. The van der Waals surface area contributed by atoms with Gasteiger partial charge in [0.25, 0.3) is 5.91 Å². The van der Waals surface area contributed by atoms with Crippen LogP contribution in [0.25, 0.3) is 4.96 Å². The maximum Gasteiger partial charge on any atom is 0.275 e. The number of anilines is 1. The standard InChI is InChI=1S/C14H12IN3OS/c1-8-5-10(15)3-4-11(8)16-13(19)12-6-18-9(2)7-20-14(18)17-12/h3-7H,1-2H3,(H,16,19). The van der Waals surface area contributed by atoms with Gasteiger partial charge in [-0.15, -0.1) is 11.3 Å². The lowest BCUT2D eigenvalue weighted by atomic mass is 10.2. The molecule has 3 rings (SSSR count). The number of aromatic nitrogens is 2. The van der Waals surface area contributed by atoms with Crippen molar-refractivity contribution in [3.8, 4) is 0 Å². The number of thiazole rings is 1. The second-order valence-corrected chi connectivity index (χ2v) is 6.65. The van der Waals surface area contributed by atoms with Crippen LogP contribution in [0.4, 0.5) is 5.69 Å². The second-order valence-electron chi connectivity index (χ2n) is 4.57. The van der Waals surface area contributed by atoms with Gasteiger partial charge in [-0.2, -0.15) is 0 Å². The number of carbonyl (C=O) groups excluding carboxylic acids is 1. The third-order valence-electron chi connectivity index (χ3n) is 3.06. The molecule has 4 nitrogen and oxygen atoms in total. The number of aryl methyl sites for hydroxylation is 2. The number of halogens is 1. The summed E-state index contributed by atoms with van der Waals surface area (Å²) in [4.78, 5) is 17.4. The monoisotopic (exact) mass is 397 g/mol. The molecule has 1 amide bonds. The molecule has 0 aliphatic heterocycles. The van der Waals surface area contributed by atoms with E-state index in [1.54, 1.807) is 6.20 Å². The molecule has 6 heteroatoms. The normalized spacial score (nSPS) is 10.9. The first-order chi connectivity index (χ1) is 9.54. The summed E-state index contributed by atoms with van der Waals surface area (Å²) in [6.45, 7) is 3.98. The maximum absolute atomic E-state index is 12.2. The Balaban J connectivity index is 1.88. The van der Waals surface area contributed by atoms with Gasteiger partial charge in [-0.05, 0) is 60.2 Å². The minimum Gasteiger partial charge on any atom is -0.320 e. The summed E-state index contributed by atoms with van der Waals surface area (Å²) in [5.74, 6) is -0.176. The number of nitrogens with zero attached hydrogens (tertiary/aromatic N) is 2. The van der Waals surface area contributed by atoms with Crippen molar-refractivity contribution in [2.75, 3.05) is 5.32 Å². The van der Waals surface area contributed by atoms with Gasteiger partial charge in [-0.25, -0.2) is 4.98 Å². The Morgan fingerprint density at radius 3 is 2.90 bits per heavy atom. The average molecular weight is 397 g/mol. The van der Waals surface area contributed by atoms with Crippen LogP contribution >= 0.6 is 33.9 Å². The molecule has 0 aliphatic rings. The van der Waals surface area contributed by atoms with E-state index in [2.05, 4.69) is 32.9 Å². The third-order valence-corrected chi connectivity index (χ3v) is 4.69. The average Bonchev–Trinajstić information content (AvgIpc) is 2.96. The molecule has 0 unspecified atom stereocenters. The molecule has 0 spiro atoms. The van der Waals surface area contributed by atoms with Crippen molar-refractivity contribution in [3.05, 3.63) is 50.3 Å². The maximum atomic E-state index is 12.2. The number of nitrogens with one attached hydrogen (secondary N) is 1. The van der Waals surface area contributed by atoms with Crippen LogP contribution in [0.2, 0.25) is 0 Å². The fourth-order valence-electron chi connectivity index (χ4n) is 1.96. The van der Waals surface area contributed by atoms with E-state index in [0.717, 1.165) is 25.5 Å². The van der Waals surface area contributed by atoms with Crippen molar-refractivity contribution in [1.29, 1.82) is 0 Å². The van der Waals surface area contributed by atoms with Gasteiger partial charge < -0.3 is 5.32 Å². The first kappa shape index (κ1) is 13.6. The smallest absolute Gasteiger partial charge is 0.275 e. The molecule has 102 valence electrons. The first-order valence-corrected chi connectivity index (χ1v) is 8.01. The Hall–Kier alpha value is -1.41. The molecular weight excluding hydrogens is 385 g/mol. The van der Waals surface area contributed by atoms with Gasteiger partial charge in [0.15, 0.2) is 4.96 Å². The summed E-state index contributed by atoms with van der Waals surface area (Å²) in [6.07, 6.45) is 1.78. The van der Waals surface area contributed by atoms with Crippen molar-refractivity contribution >= 4 is 50.5 Å². The largest absolute Gasteiger partial charge is 0.320 e. The molecule has 0 fully saturated rings.